The maximum atomic E-state index is 12.6. The van der Waals surface area contributed by atoms with Crippen LogP contribution in [-0.4, -0.2) is 85.5 Å². The fourth-order valence-corrected chi connectivity index (χ4v) is 4.10. The Kier molecular flexibility index (Phi) is 9.62. The van der Waals surface area contributed by atoms with Gasteiger partial charge in [0.1, 0.15) is 5.75 Å². The molecule has 2 heterocycles. The molecule has 1 N–H and O–H groups in total. The molecule has 2 aliphatic rings. The zero-order valence-electron chi connectivity index (χ0n) is 19.0. The van der Waals surface area contributed by atoms with Gasteiger partial charge in [0.25, 0.3) is 0 Å². The molecule has 2 amide bonds. The van der Waals surface area contributed by atoms with E-state index in [0.717, 1.165) is 76.5 Å². The van der Waals surface area contributed by atoms with Gasteiger partial charge < -0.3 is 15.0 Å². The van der Waals surface area contributed by atoms with Gasteiger partial charge in [-0.3, -0.25) is 19.4 Å². The number of nitrogens with zero attached hydrogens (tertiary/aromatic N) is 3. The van der Waals surface area contributed by atoms with Gasteiger partial charge in [-0.15, -0.1) is 0 Å². The predicted octanol–water partition coefficient (Wildman–Crippen LogP) is 2.11. The van der Waals surface area contributed by atoms with Gasteiger partial charge in [-0.1, -0.05) is 31.9 Å². The molecule has 0 saturated carbocycles. The SMILES string of the molecule is CCCOc1ccc(CNC(=O)CN2CCN(CC(=O)N3CCCCCC3)CC2)cc1. The standard InChI is InChI=1S/C24H38N4O3/c1-2-17-31-22-9-7-21(8-10-22)18-25-23(29)19-26-13-15-27(16-14-26)20-24(30)28-11-5-3-4-6-12-28/h7-10H,2-6,11-20H2,1H3,(H,25,29). The smallest absolute Gasteiger partial charge is 0.236 e. The molecule has 3 rings (SSSR count). The molecule has 172 valence electrons. The lowest BCUT2D eigenvalue weighted by atomic mass is 10.2. The lowest BCUT2D eigenvalue weighted by Crippen LogP contribution is -2.52. The zero-order valence-corrected chi connectivity index (χ0v) is 19.0. The molecule has 0 aliphatic carbocycles. The van der Waals surface area contributed by atoms with Crippen LogP contribution in [0.4, 0.5) is 0 Å². The van der Waals surface area contributed by atoms with Crippen molar-refractivity contribution in [1.82, 2.24) is 20.0 Å². The highest BCUT2D eigenvalue weighted by molar-refractivity contribution is 5.78. The van der Waals surface area contributed by atoms with Crippen LogP contribution in [0, 0.1) is 0 Å². The molecule has 1 aromatic carbocycles. The number of piperazine rings is 1. The second-order valence-electron chi connectivity index (χ2n) is 8.62. The topological polar surface area (TPSA) is 65.1 Å². The molecule has 0 unspecified atom stereocenters. The third-order valence-electron chi connectivity index (χ3n) is 6.04. The zero-order chi connectivity index (χ0) is 21.9. The lowest BCUT2D eigenvalue weighted by molar-refractivity contribution is -0.133. The van der Waals surface area contributed by atoms with Crippen LogP contribution >= 0.6 is 0 Å². The Hall–Kier alpha value is -2.12. The van der Waals surface area contributed by atoms with Crippen molar-refractivity contribution in [1.29, 1.82) is 0 Å². The van der Waals surface area contributed by atoms with Crippen molar-refractivity contribution < 1.29 is 14.3 Å². The molecule has 1 aromatic rings. The van der Waals surface area contributed by atoms with Gasteiger partial charge in [0.2, 0.25) is 11.8 Å². The number of carbonyl (C=O) groups is 2. The Balaban J connectivity index is 1.32. The predicted molar refractivity (Wildman–Crippen MR) is 122 cm³/mol. The molecule has 7 heteroatoms. The van der Waals surface area contributed by atoms with Crippen molar-refractivity contribution in [2.24, 2.45) is 0 Å². The van der Waals surface area contributed by atoms with Crippen molar-refractivity contribution in [3.8, 4) is 5.75 Å². The number of hydrogen-bond donors (Lipinski definition) is 1. The number of likely N-dealkylation sites (tertiary alicyclic amines) is 1. The summed E-state index contributed by atoms with van der Waals surface area (Å²) in [6.45, 7) is 9.39. The monoisotopic (exact) mass is 430 g/mol. The van der Waals surface area contributed by atoms with Gasteiger partial charge >= 0.3 is 0 Å². The van der Waals surface area contributed by atoms with Crippen LogP contribution in [0.2, 0.25) is 0 Å². The van der Waals surface area contributed by atoms with Crippen LogP contribution < -0.4 is 10.1 Å². The molecule has 2 saturated heterocycles. The number of benzene rings is 1. The van der Waals surface area contributed by atoms with E-state index in [-0.39, 0.29) is 11.8 Å². The second-order valence-corrected chi connectivity index (χ2v) is 8.62. The first kappa shape index (κ1) is 23.5. The summed E-state index contributed by atoms with van der Waals surface area (Å²) in [6.07, 6.45) is 5.73. The maximum absolute atomic E-state index is 12.6. The van der Waals surface area contributed by atoms with Crippen molar-refractivity contribution in [3.05, 3.63) is 29.8 Å². The summed E-state index contributed by atoms with van der Waals surface area (Å²) in [7, 11) is 0. The third-order valence-corrected chi connectivity index (χ3v) is 6.04. The molecular weight excluding hydrogens is 392 g/mol. The van der Waals surface area contributed by atoms with Crippen molar-refractivity contribution in [2.75, 3.05) is 59.0 Å². The highest BCUT2D eigenvalue weighted by Gasteiger charge is 2.23. The van der Waals surface area contributed by atoms with E-state index in [4.69, 9.17) is 4.74 Å². The molecule has 0 spiro atoms. The van der Waals surface area contributed by atoms with Gasteiger partial charge in [-0.25, -0.2) is 0 Å². The first-order chi connectivity index (χ1) is 15.1. The van der Waals surface area contributed by atoms with E-state index in [2.05, 4.69) is 22.0 Å². The van der Waals surface area contributed by atoms with Crippen molar-refractivity contribution in [3.63, 3.8) is 0 Å². The van der Waals surface area contributed by atoms with Gasteiger partial charge in [-0.2, -0.15) is 0 Å². The van der Waals surface area contributed by atoms with Crippen molar-refractivity contribution >= 4 is 11.8 Å². The van der Waals surface area contributed by atoms with Crippen molar-refractivity contribution in [2.45, 2.75) is 45.6 Å². The average molecular weight is 431 g/mol. The highest BCUT2D eigenvalue weighted by atomic mass is 16.5. The van der Waals surface area contributed by atoms with E-state index in [1.807, 2.05) is 29.2 Å². The molecule has 0 atom stereocenters. The number of amides is 2. The Morgan fingerprint density at radius 3 is 2.10 bits per heavy atom. The van der Waals surface area contributed by atoms with Gasteiger partial charge in [0, 0.05) is 45.8 Å². The van der Waals surface area contributed by atoms with E-state index < -0.39 is 0 Å². The van der Waals surface area contributed by atoms with Crippen LogP contribution in [0.25, 0.3) is 0 Å². The normalized spacial score (nSPS) is 18.4. The summed E-state index contributed by atoms with van der Waals surface area (Å²) in [5.41, 5.74) is 1.06. The molecule has 2 fully saturated rings. The first-order valence-corrected chi connectivity index (χ1v) is 11.8. The van der Waals surface area contributed by atoms with Crippen LogP contribution in [0.3, 0.4) is 0 Å². The third kappa shape index (κ3) is 8.15. The van der Waals surface area contributed by atoms with Crippen LogP contribution in [0.1, 0.15) is 44.6 Å². The summed E-state index contributed by atoms with van der Waals surface area (Å²) in [5, 5.41) is 3.01. The van der Waals surface area contributed by atoms with Crippen LogP contribution in [0.15, 0.2) is 24.3 Å². The molecule has 0 radical (unpaired) electrons. The van der Waals surface area contributed by atoms with E-state index in [1.54, 1.807) is 0 Å². The number of rotatable bonds is 9. The Bertz CT molecular complexity index is 679. The van der Waals surface area contributed by atoms with Gasteiger partial charge in [-0.05, 0) is 37.0 Å². The Morgan fingerprint density at radius 1 is 0.871 bits per heavy atom. The minimum absolute atomic E-state index is 0.0420. The number of nitrogens with one attached hydrogen (secondary N) is 1. The van der Waals surface area contributed by atoms with Gasteiger partial charge in [0.15, 0.2) is 0 Å². The lowest BCUT2D eigenvalue weighted by Gasteiger charge is -2.35. The molecule has 2 aliphatic heterocycles. The minimum atomic E-state index is 0.0420. The fourth-order valence-electron chi connectivity index (χ4n) is 4.10. The van der Waals surface area contributed by atoms with E-state index >= 15 is 0 Å². The quantitative estimate of drug-likeness (QED) is 0.650. The summed E-state index contributed by atoms with van der Waals surface area (Å²) in [4.78, 5) is 31.3. The number of ether oxygens (including phenoxy) is 1. The second kappa shape index (κ2) is 12.7. The van der Waals surface area contributed by atoms with E-state index in [9.17, 15) is 9.59 Å². The average Bonchev–Trinajstić information content (AvgIpc) is 3.08. The highest BCUT2D eigenvalue weighted by Crippen LogP contribution is 2.13. The number of hydrogen-bond acceptors (Lipinski definition) is 5. The summed E-state index contributed by atoms with van der Waals surface area (Å²) >= 11 is 0. The summed E-state index contributed by atoms with van der Waals surface area (Å²) in [6, 6.07) is 7.88. The molecule has 7 nitrogen and oxygen atoms in total. The van der Waals surface area contributed by atoms with Crippen LogP contribution in [-0.2, 0) is 16.1 Å². The summed E-state index contributed by atoms with van der Waals surface area (Å²) in [5.74, 6) is 1.17. The first-order valence-electron chi connectivity index (χ1n) is 11.8. The maximum Gasteiger partial charge on any atom is 0.236 e. The van der Waals surface area contributed by atoms with E-state index in [1.165, 1.54) is 12.8 Å². The Labute approximate surface area is 186 Å². The molecule has 31 heavy (non-hydrogen) atoms. The summed E-state index contributed by atoms with van der Waals surface area (Å²) < 4.78 is 5.59. The number of carbonyl (C=O) groups excluding carboxylic acids is 2. The largest absolute Gasteiger partial charge is 0.494 e. The Morgan fingerprint density at radius 2 is 1.48 bits per heavy atom. The van der Waals surface area contributed by atoms with E-state index in [0.29, 0.717) is 19.6 Å². The van der Waals surface area contributed by atoms with Gasteiger partial charge in [0.05, 0.1) is 19.7 Å². The molecular formula is C24H38N4O3. The van der Waals surface area contributed by atoms with Crippen LogP contribution in [0.5, 0.6) is 5.75 Å². The fraction of sp³-hybridized carbons (Fsp3) is 0.667. The molecule has 0 aromatic heterocycles. The minimum Gasteiger partial charge on any atom is -0.494 e. The molecule has 0 bridgehead atoms.